The van der Waals surface area contributed by atoms with Crippen molar-refractivity contribution in [1.29, 1.82) is 0 Å². The highest BCUT2D eigenvalue weighted by Crippen LogP contribution is 2.38. The molecule has 2 fully saturated rings. The first-order valence-corrected chi connectivity index (χ1v) is 10.2. The van der Waals surface area contributed by atoms with Crippen molar-refractivity contribution in [3.8, 4) is 5.75 Å². The third-order valence-electron chi connectivity index (χ3n) is 6.21. The molecule has 1 aliphatic carbocycles. The van der Waals surface area contributed by atoms with E-state index in [-0.39, 0.29) is 6.10 Å². The highest BCUT2D eigenvalue weighted by Gasteiger charge is 2.42. The Hall–Kier alpha value is -2.44. The van der Waals surface area contributed by atoms with Crippen LogP contribution < -0.4 is 4.74 Å². The summed E-state index contributed by atoms with van der Waals surface area (Å²) in [4.78, 5) is 18.6. The van der Waals surface area contributed by atoms with E-state index in [1.807, 2.05) is 18.3 Å². The maximum absolute atomic E-state index is 11.7. The molecule has 2 aliphatic rings. The molecular formula is C23H28N2O4. The molecule has 154 valence electrons. The van der Waals surface area contributed by atoms with Gasteiger partial charge in [0, 0.05) is 31.5 Å². The summed E-state index contributed by atoms with van der Waals surface area (Å²) in [6.07, 6.45) is 2.63. The minimum atomic E-state index is -0.502. The number of methoxy groups -OCH3 is 1. The van der Waals surface area contributed by atoms with E-state index in [4.69, 9.17) is 9.47 Å². The van der Waals surface area contributed by atoms with Gasteiger partial charge in [-0.2, -0.15) is 0 Å². The molecule has 1 N–H and O–H groups in total. The Morgan fingerprint density at radius 1 is 1.21 bits per heavy atom. The zero-order valence-electron chi connectivity index (χ0n) is 17.0. The van der Waals surface area contributed by atoms with Crippen molar-refractivity contribution in [3.05, 3.63) is 59.4 Å². The number of aliphatic hydroxyl groups excluding tert-OH is 1. The van der Waals surface area contributed by atoms with Crippen LogP contribution in [-0.2, 0) is 11.3 Å². The van der Waals surface area contributed by atoms with Gasteiger partial charge >= 0.3 is 5.97 Å². The summed E-state index contributed by atoms with van der Waals surface area (Å²) in [5.74, 6) is 1.19. The van der Waals surface area contributed by atoms with Crippen LogP contribution in [0.4, 0.5) is 0 Å². The van der Waals surface area contributed by atoms with Crippen LogP contribution in [0.1, 0.15) is 34.5 Å². The number of aryl methyl sites for hydroxylation is 1. The fourth-order valence-electron chi connectivity index (χ4n) is 4.66. The molecule has 4 atom stereocenters. The maximum Gasteiger partial charge on any atom is 0.337 e. The van der Waals surface area contributed by atoms with E-state index in [9.17, 15) is 9.90 Å². The van der Waals surface area contributed by atoms with Crippen molar-refractivity contribution in [2.75, 3.05) is 20.2 Å². The largest absolute Gasteiger partial charge is 0.488 e. The monoisotopic (exact) mass is 396 g/mol. The van der Waals surface area contributed by atoms with Gasteiger partial charge < -0.3 is 14.6 Å². The number of rotatable bonds is 5. The number of nitrogens with zero attached hydrogens (tertiary/aromatic N) is 2. The van der Waals surface area contributed by atoms with Crippen molar-refractivity contribution < 1.29 is 19.4 Å². The van der Waals surface area contributed by atoms with Gasteiger partial charge in [0.05, 0.1) is 18.8 Å². The summed E-state index contributed by atoms with van der Waals surface area (Å²) in [7, 11) is 1.36. The van der Waals surface area contributed by atoms with Crippen LogP contribution in [0.2, 0.25) is 0 Å². The Labute approximate surface area is 171 Å². The van der Waals surface area contributed by atoms with Crippen LogP contribution in [0.25, 0.3) is 0 Å². The van der Waals surface area contributed by atoms with E-state index in [0.717, 1.165) is 38.2 Å². The number of hydrogen-bond donors (Lipinski definition) is 1. The van der Waals surface area contributed by atoms with Gasteiger partial charge in [-0.15, -0.1) is 0 Å². The van der Waals surface area contributed by atoms with Crippen molar-refractivity contribution in [2.45, 2.75) is 38.5 Å². The van der Waals surface area contributed by atoms with E-state index in [0.29, 0.717) is 23.1 Å². The molecule has 0 unspecified atom stereocenters. The van der Waals surface area contributed by atoms with Crippen LogP contribution in [0.5, 0.6) is 5.75 Å². The summed E-state index contributed by atoms with van der Waals surface area (Å²) in [5.41, 5.74) is 2.79. The molecule has 1 aliphatic heterocycles. The Morgan fingerprint density at radius 3 is 2.76 bits per heavy atom. The maximum atomic E-state index is 11.7. The Bertz CT molecular complexity index is 871. The summed E-state index contributed by atoms with van der Waals surface area (Å²) >= 11 is 0. The smallest absolute Gasteiger partial charge is 0.337 e. The lowest BCUT2D eigenvalue weighted by Crippen LogP contribution is -2.42. The van der Waals surface area contributed by atoms with Crippen LogP contribution in [0, 0.1) is 18.8 Å². The molecule has 0 radical (unpaired) electrons. The summed E-state index contributed by atoms with van der Waals surface area (Å²) in [6.45, 7) is 4.96. The number of likely N-dealkylation sites (tertiary alicyclic amines) is 1. The van der Waals surface area contributed by atoms with Crippen LogP contribution in [0.3, 0.4) is 0 Å². The quantitative estimate of drug-likeness (QED) is 0.784. The molecule has 2 aromatic rings. The SMILES string of the molecule is COC(=O)c1cccc(O[C@@H]2C[C@@H]3CN(Cc4cccnc4C)C[C@@H]3C[C@H]2O)c1. The Balaban J connectivity index is 1.39. The fourth-order valence-corrected chi connectivity index (χ4v) is 4.66. The van der Waals surface area contributed by atoms with Gasteiger partial charge in [0.25, 0.3) is 0 Å². The molecule has 1 saturated carbocycles. The number of benzene rings is 1. The van der Waals surface area contributed by atoms with E-state index in [2.05, 4.69) is 22.9 Å². The summed E-state index contributed by atoms with van der Waals surface area (Å²) < 4.78 is 10.9. The number of esters is 1. The molecule has 29 heavy (non-hydrogen) atoms. The summed E-state index contributed by atoms with van der Waals surface area (Å²) in [5, 5.41) is 10.7. The Morgan fingerprint density at radius 2 is 2.00 bits per heavy atom. The molecule has 0 spiro atoms. The average molecular weight is 396 g/mol. The third kappa shape index (κ3) is 4.43. The molecule has 1 saturated heterocycles. The molecule has 1 aromatic heterocycles. The molecule has 1 aromatic carbocycles. The molecule has 6 heteroatoms. The predicted octanol–water partition coefficient (Wildman–Crippen LogP) is 2.83. The number of carbonyl (C=O) groups excluding carboxylic acids is 1. The number of fused-ring (bicyclic) bond motifs is 1. The number of pyridine rings is 1. The van der Waals surface area contributed by atoms with E-state index < -0.39 is 12.1 Å². The minimum Gasteiger partial charge on any atom is -0.488 e. The second-order valence-corrected chi connectivity index (χ2v) is 8.18. The van der Waals surface area contributed by atoms with Gasteiger partial charge in [-0.25, -0.2) is 4.79 Å². The van der Waals surface area contributed by atoms with Gasteiger partial charge in [0.1, 0.15) is 11.9 Å². The molecular weight excluding hydrogens is 368 g/mol. The lowest BCUT2D eigenvalue weighted by atomic mass is 9.78. The Kier molecular flexibility index (Phi) is 5.83. The summed E-state index contributed by atoms with van der Waals surface area (Å²) in [6, 6.07) is 11.1. The normalized spacial score (nSPS) is 26.7. The number of aromatic nitrogens is 1. The van der Waals surface area contributed by atoms with Crippen molar-refractivity contribution in [1.82, 2.24) is 9.88 Å². The lowest BCUT2D eigenvalue weighted by molar-refractivity contribution is -0.0231. The topological polar surface area (TPSA) is 71.9 Å². The standard InChI is InChI=1S/C23H28N2O4/c1-15-17(6-4-8-24-15)12-25-13-18-10-21(26)22(11-19(18)14-25)29-20-7-3-5-16(9-20)23(27)28-2/h3-9,18-19,21-22,26H,10-14H2,1-2H3/t18-,19+,21+,22+/m0/s1. The fraction of sp³-hybridized carbons (Fsp3) is 0.478. The first-order valence-electron chi connectivity index (χ1n) is 10.2. The molecule has 2 heterocycles. The van der Waals surface area contributed by atoms with Gasteiger partial charge in [0.15, 0.2) is 0 Å². The molecule has 0 amide bonds. The van der Waals surface area contributed by atoms with Gasteiger partial charge in [0.2, 0.25) is 0 Å². The molecule has 4 rings (SSSR count). The highest BCUT2D eigenvalue weighted by atomic mass is 16.5. The van der Waals surface area contributed by atoms with Gasteiger partial charge in [-0.05, 0) is 61.4 Å². The van der Waals surface area contributed by atoms with Crippen LogP contribution in [-0.4, -0.2) is 53.4 Å². The number of aliphatic hydroxyl groups is 1. The third-order valence-corrected chi connectivity index (χ3v) is 6.21. The number of ether oxygens (including phenoxy) is 2. The van der Waals surface area contributed by atoms with Crippen molar-refractivity contribution in [2.24, 2.45) is 11.8 Å². The van der Waals surface area contributed by atoms with E-state index in [1.165, 1.54) is 12.7 Å². The highest BCUT2D eigenvalue weighted by molar-refractivity contribution is 5.89. The second kappa shape index (κ2) is 8.51. The second-order valence-electron chi connectivity index (χ2n) is 8.18. The predicted molar refractivity (Wildman–Crippen MR) is 109 cm³/mol. The lowest BCUT2D eigenvalue weighted by Gasteiger charge is -2.35. The van der Waals surface area contributed by atoms with Crippen molar-refractivity contribution >= 4 is 5.97 Å². The van der Waals surface area contributed by atoms with E-state index in [1.54, 1.807) is 18.2 Å². The average Bonchev–Trinajstić information content (AvgIpc) is 3.10. The minimum absolute atomic E-state index is 0.260. The number of carbonyl (C=O) groups is 1. The zero-order valence-corrected chi connectivity index (χ0v) is 17.0. The zero-order chi connectivity index (χ0) is 20.4. The van der Waals surface area contributed by atoms with Crippen LogP contribution in [0.15, 0.2) is 42.6 Å². The van der Waals surface area contributed by atoms with E-state index >= 15 is 0 Å². The molecule has 6 nitrogen and oxygen atoms in total. The van der Waals surface area contributed by atoms with Gasteiger partial charge in [-0.3, -0.25) is 9.88 Å². The molecule has 0 bridgehead atoms. The van der Waals surface area contributed by atoms with Crippen LogP contribution >= 0.6 is 0 Å². The van der Waals surface area contributed by atoms with Gasteiger partial charge in [-0.1, -0.05) is 12.1 Å². The first-order chi connectivity index (χ1) is 14.0. The first kappa shape index (κ1) is 19.9. The van der Waals surface area contributed by atoms with Crippen molar-refractivity contribution in [3.63, 3.8) is 0 Å². The number of hydrogen-bond acceptors (Lipinski definition) is 6.